The van der Waals surface area contributed by atoms with Gasteiger partial charge in [-0.15, -0.1) is 0 Å². The van der Waals surface area contributed by atoms with E-state index in [1.165, 1.54) is 30.6 Å². The van der Waals surface area contributed by atoms with Gasteiger partial charge in [0.1, 0.15) is 11.8 Å². The van der Waals surface area contributed by atoms with Gasteiger partial charge < -0.3 is 14.6 Å². The maximum atomic E-state index is 13.7. The third-order valence-corrected chi connectivity index (χ3v) is 4.37. The predicted octanol–water partition coefficient (Wildman–Crippen LogP) is 2.10. The fraction of sp³-hybridized carbons (Fsp3) is 0.353. The SMILES string of the molecule is O=C1C(=O)N(CCCn2ccnc2)C(C(F)(F)F)C1c1ccc(O)cc1. The summed E-state index contributed by atoms with van der Waals surface area (Å²) >= 11 is 0. The Morgan fingerprint density at radius 2 is 1.81 bits per heavy atom. The van der Waals surface area contributed by atoms with Crippen LogP contribution in [0.3, 0.4) is 0 Å². The van der Waals surface area contributed by atoms with E-state index in [0.717, 1.165) is 0 Å². The number of benzene rings is 1. The van der Waals surface area contributed by atoms with E-state index in [1.807, 2.05) is 0 Å². The average Bonchev–Trinajstić information content (AvgIpc) is 3.17. The Labute approximate surface area is 146 Å². The number of amides is 1. The zero-order valence-electron chi connectivity index (χ0n) is 13.6. The van der Waals surface area contributed by atoms with Gasteiger partial charge in [-0.05, 0) is 24.1 Å². The smallest absolute Gasteiger partial charge is 0.409 e. The van der Waals surface area contributed by atoms with Crippen molar-refractivity contribution in [1.82, 2.24) is 14.5 Å². The zero-order valence-corrected chi connectivity index (χ0v) is 13.6. The van der Waals surface area contributed by atoms with Gasteiger partial charge in [-0.25, -0.2) is 4.98 Å². The monoisotopic (exact) mass is 367 g/mol. The van der Waals surface area contributed by atoms with Crippen molar-refractivity contribution in [3.05, 3.63) is 48.5 Å². The van der Waals surface area contributed by atoms with Crippen molar-refractivity contribution < 1.29 is 27.9 Å². The van der Waals surface area contributed by atoms with Gasteiger partial charge in [-0.1, -0.05) is 12.1 Å². The van der Waals surface area contributed by atoms with E-state index >= 15 is 0 Å². The van der Waals surface area contributed by atoms with Crippen molar-refractivity contribution in [3.63, 3.8) is 0 Å². The third-order valence-electron chi connectivity index (χ3n) is 4.37. The van der Waals surface area contributed by atoms with E-state index in [1.54, 1.807) is 17.0 Å². The molecule has 9 heteroatoms. The summed E-state index contributed by atoms with van der Waals surface area (Å²) in [6, 6.07) is 2.65. The molecule has 1 fully saturated rings. The first kappa shape index (κ1) is 18.0. The predicted molar refractivity (Wildman–Crippen MR) is 84.3 cm³/mol. The first-order valence-electron chi connectivity index (χ1n) is 7.95. The van der Waals surface area contributed by atoms with E-state index < -0.39 is 29.8 Å². The lowest BCUT2D eigenvalue weighted by atomic mass is 9.90. The second-order valence-corrected chi connectivity index (χ2v) is 6.07. The van der Waals surface area contributed by atoms with Gasteiger partial charge in [0.2, 0.25) is 5.78 Å². The number of Topliss-reactive ketones (excluding diaryl/α,β-unsaturated/α-hetero) is 1. The molecule has 138 valence electrons. The highest BCUT2D eigenvalue weighted by molar-refractivity contribution is 6.40. The number of phenols is 1. The number of rotatable bonds is 5. The van der Waals surface area contributed by atoms with E-state index in [-0.39, 0.29) is 24.3 Å². The van der Waals surface area contributed by atoms with E-state index in [0.29, 0.717) is 11.4 Å². The first-order chi connectivity index (χ1) is 12.3. The molecule has 1 aromatic carbocycles. The number of aromatic nitrogens is 2. The molecule has 1 aromatic heterocycles. The Morgan fingerprint density at radius 3 is 2.38 bits per heavy atom. The maximum Gasteiger partial charge on any atom is 0.409 e. The normalized spacial score (nSPS) is 20.8. The minimum absolute atomic E-state index is 0.0561. The van der Waals surface area contributed by atoms with E-state index in [9.17, 15) is 27.9 Å². The molecule has 1 saturated heterocycles. The number of alkyl halides is 3. The van der Waals surface area contributed by atoms with Crippen LogP contribution in [0, 0.1) is 0 Å². The number of nitrogens with zero attached hydrogens (tertiary/aromatic N) is 3. The number of hydrogen-bond acceptors (Lipinski definition) is 4. The molecule has 1 amide bonds. The summed E-state index contributed by atoms with van der Waals surface area (Å²) in [5, 5.41) is 9.31. The molecule has 0 aliphatic carbocycles. The fourth-order valence-corrected chi connectivity index (χ4v) is 3.19. The number of hydrogen-bond donors (Lipinski definition) is 1. The summed E-state index contributed by atoms with van der Waals surface area (Å²) in [5.74, 6) is -3.97. The molecule has 0 bridgehead atoms. The second kappa shape index (κ2) is 6.81. The van der Waals surface area contributed by atoms with Crippen LogP contribution in [-0.4, -0.2) is 50.0 Å². The highest BCUT2D eigenvalue weighted by atomic mass is 19.4. The summed E-state index contributed by atoms with van der Waals surface area (Å²) in [6.07, 6.45) is 0.239. The molecule has 6 nitrogen and oxygen atoms in total. The molecule has 0 radical (unpaired) electrons. The molecule has 2 heterocycles. The van der Waals surface area contributed by atoms with Gasteiger partial charge in [0.25, 0.3) is 5.91 Å². The van der Waals surface area contributed by atoms with Crippen molar-refractivity contribution in [2.45, 2.75) is 31.1 Å². The number of carbonyl (C=O) groups is 2. The third kappa shape index (κ3) is 3.42. The summed E-state index contributed by atoms with van der Waals surface area (Å²) in [6.45, 7) is 0.188. The van der Waals surface area contributed by atoms with Crippen molar-refractivity contribution in [1.29, 1.82) is 0 Å². The number of carbonyl (C=O) groups excluding carboxylic acids is 2. The van der Waals surface area contributed by atoms with Gasteiger partial charge in [0.05, 0.1) is 12.2 Å². The van der Waals surface area contributed by atoms with Gasteiger partial charge in [-0.3, -0.25) is 9.59 Å². The maximum absolute atomic E-state index is 13.7. The molecule has 1 aliphatic rings. The van der Waals surface area contributed by atoms with Crippen LogP contribution >= 0.6 is 0 Å². The van der Waals surface area contributed by atoms with E-state index in [2.05, 4.69) is 4.98 Å². The lowest BCUT2D eigenvalue weighted by Crippen LogP contribution is -2.46. The Kier molecular flexibility index (Phi) is 4.71. The molecule has 3 rings (SSSR count). The minimum Gasteiger partial charge on any atom is -0.508 e. The molecular weight excluding hydrogens is 351 g/mol. The highest BCUT2D eigenvalue weighted by Gasteiger charge is 2.59. The molecule has 2 atom stereocenters. The zero-order chi connectivity index (χ0) is 18.9. The number of halogens is 3. The largest absolute Gasteiger partial charge is 0.508 e. The van der Waals surface area contributed by atoms with Crippen LogP contribution in [0.15, 0.2) is 43.0 Å². The van der Waals surface area contributed by atoms with Crippen molar-refractivity contribution in [2.75, 3.05) is 6.54 Å². The van der Waals surface area contributed by atoms with Crippen molar-refractivity contribution in [2.24, 2.45) is 0 Å². The highest BCUT2D eigenvalue weighted by Crippen LogP contribution is 2.41. The Balaban J connectivity index is 1.84. The summed E-state index contributed by atoms with van der Waals surface area (Å²) in [5.41, 5.74) is 0.0561. The Hall–Kier alpha value is -2.84. The van der Waals surface area contributed by atoms with Crippen LogP contribution in [0.1, 0.15) is 17.9 Å². The quantitative estimate of drug-likeness (QED) is 0.822. The number of aromatic hydroxyl groups is 1. The van der Waals surface area contributed by atoms with E-state index in [4.69, 9.17) is 0 Å². The molecule has 1 aliphatic heterocycles. The molecule has 0 saturated carbocycles. The second-order valence-electron chi connectivity index (χ2n) is 6.07. The lowest BCUT2D eigenvalue weighted by Gasteiger charge is -2.29. The van der Waals surface area contributed by atoms with Gasteiger partial charge in [0.15, 0.2) is 0 Å². The van der Waals surface area contributed by atoms with Crippen LogP contribution in [0.5, 0.6) is 5.75 Å². The average molecular weight is 367 g/mol. The topological polar surface area (TPSA) is 75.4 Å². The molecule has 2 unspecified atom stereocenters. The summed E-state index contributed by atoms with van der Waals surface area (Å²) in [4.78, 5) is 28.9. The van der Waals surface area contributed by atoms with Crippen LogP contribution in [-0.2, 0) is 16.1 Å². The van der Waals surface area contributed by atoms with Crippen molar-refractivity contribution >= 4 is 11.7 Å². The first-order valence-corrected chi connectivity index (χ1v) is 7.95. The molecule has 2 aromatic rings. The van der Waals surface area contributed by atoms with Crippen LogP contribution in [0.2, 0.25) is 0 Å². The molecule has 1 N–H and O–H groups in total. The number of likely N-dealkylation sites (tertiary alicyclic amines) is 1. The minimum atomic E-state index is -4.75. The van der Waals surface area contributed by atoms with Crippen LogP contribution < -0.4 is 0 Å². The van der Waals surface area contributed by atoms with Crippen molar-refractivity contribution in [3.8, 4) is 5.75 Å². The Morgan fingerprint density at radius 1 is 1.12 bits per heavy atom. The Bertz CT molecular complexity index is 788. The number of imidazole rings is 1. The fourth-order valence-electron chi connectivity index (χ4n) is 3.19. The summed E-state index contributed by atoms with van der Waals surface area (Å²) < 4.78 is 42.7. The standard InChI is InChI=1S/C17H16F3N3O3/c18-17(19,20)15-13(11-2-4-12(24)5-3-11)14(25)16(26)23(15)8-1-7-22-9-6-21-10-22/h2-6,9-10,13,15,24H,1,7-8H2. The van der Waals surface area contributed by atoms with Gasteiger partial charge in [0, 0.05) is 25.5 Å². The number of phenolic OH excluding ortho intramolecular Hbond substituents is 1. The van der Waals surface area contributed by atoms with Crippen LogP contribution in [0.25, 0.3) is 0 Å². The van der Waals surface area contributed by atoms with Gasteiger partial charge in [-0.2, -0.15) is 13.2 Å². The molecule has 0 spiro atoms. The number of ketones is 1. The summed E-state index contributed by atoms with van der Waals surface area (Å²) in [7, 11) is 0. The number of aryl methyl sites for hydroxylation is 1. The van der Waals surface area contributed by atoms with Crippen LogP contribution in [0.4, 0.5) is 13.2 Å². The lowest BCUT2D eigenvalue weighted by molar-refractivity contribution is -0.183. The van der Waals surface area contributed by atoms with Gasteiger partial charge >= 0.3 is 6.18 Å². The molecule has 26 heavy (non-hydrogen) atoms. The molecular formula is C17H16F3N3O3.